The van der Waals surface area contributed by atoms with Gasteiger partial charge in [-0.25, -0.2) is 0 Å². The second-order valence-electron chi connectivity index (χ2n) is 5.26. The van der Waals surface area contributed by atoms with E-state index in [1.807, 2.05) is 11.8 Å². The van der Waals surface area contributed by atoms with Gasteiger partial charge in [-0.15, -0.1) is 0 Å². The minimum absolute atomic E-state index is 0.00981. The number of benzene rings is 1. The summed E-state index contributed by atoms with van der Waals surface area (Å²) in [4.78, 5) is 11.8. The van der Waals surface area contributed by atoms with E-state index < -0.39 is 0 Å². The highest BCUT2D eigenvalue weighted by Crippen LogP contribution is 2.28. The van der Waals surface area contributed by atoms with E-state index >= 15 is 0 Å². The molecule has 2 rings (SSSR count). The number of carbonyl (C=O) groups excluding carboxylic acids is 1. The van der Waals surface area contributed by atoms with Crippen LogP contribution >= 0.6 is 23.4 Å². The van der Waals surface area contributed by atoms with E-state index in [2.05, 4.69) is 5.32 Å². The number of nitrogen functional groups attached to an aromatic ring is 1. The normalized spacial score (nSPS) is 15.4. The zero-order valence-corrected chi connectivity index (χ0v) is 13.1. The van der Waals surface area contributed by atoms with Gasteiger partial charge in [0.15, 0.2) is 0 Å². The molecule has 0 unspecified atom stereocenters. The van der Waals surface area contributed by atoms with Crippen LogP contribution in [0.25, 0.3) is 0 Å². The van der Waals surface area contributed by atoms with Crippen LogP contribution in [0.3, 0.4) is 0 Å². The molecule has 1 saturated carbocycles. The SMILES string of the molecule is Nc1ccc(NC(=O)CCSCC2CCCC2)c(Cl)c1. The first-order valence-electron chi connectivity index (χ1n) is 7.08. The van der Waals surface area contributed by atoms with Crippen LogP contribution in [0.2, 0.25) is 5.02 Å². The first-order valence-corrected chi connectivity index (χ1v) is 8.61. The fraction of sp³-hybridized carbons (Fsp3) is 0.533. The molecule has 0 spiro atoms. The Labute approximate surface area is 129 Å². The maximum absolute atomic E-state index is 11.8. The van der Waals surface area contributed by atoms with E-state index in [4.69, 9.17) is 17.3 Å². The van der Waals surface area contributed by atoms with E-state index in [0.29, 0.717) is 22.8 Å². The highest BCUT2D eigenvalue weighted by Gasteiger charge is 2.14. The van der Waals surface area contributed by atoms with E-state index in [1.54, 1.807) is 18.2 Å². The fourth-order valence-corrected chi connectivity index (χ4v) is 3.84. The van der Waals surface area contributed by atoms with Gasteiger partial charge in [0.2, 0.25) is 5.91 Å². The van der Waals surface area contributed by atoms with Crippen molar-refractivity contribution in [3.05, 3.63) is 23.2 Å². The summed E-state index contributed by atoms with van der Waals surface area (Å²) < 4.78 is 0. The third kappa shape index (κ3) is 4.91. The van der Waals surface area contributed by atoms with E-state index in [1.165, 1.54) is 31.4 Å². The Hall–Kier alpha value is -0.870. The van der Waals surface area contributed by atoms with Crippen molar-refractivity contribution in [1.82, 2.24) is 0 Å². The number of anilines is 2. The average Bonchev–Trinajstić information content (AvgIpc) is 2.91. The molecule has 0 bridgehead atoms. The summed E-state index contributed by atoms with van der Waals surface area (Å²) in [5, 5.41) is 3.31. The van der Waals surface area contributed by atoms with Crippen molar-refractivity contribution in [2.24, 2.45) is 5.92 Å². The Morgan fingerprint density at radius 3 is 2.85 bits per heavy atom. The Morgan fingerprint density at radius 2 is 2.15 bits per heavy atom. The standard InChI is InChI=1S/C15H21ClN2OS/c16-13-9-12(17)5-6-14(13)18-15(19)7-8-20-10-11-3-1-2-4-11/h5-6,9,11H,1-4,7-8,10,17H2,(H,18,19). The van der Waals surface area contributed by atoms with Crippen LogP contribution in [-0.2, 0) is 4.79 Å². The molecule has 110 valence electrons. The molecule has 1 aliphatic carbocycles. The van der Waals surface area contributed by atoms with Crippen LogP contribution in [0.4, 0.5) is 11.4 Å². The van der Waals surface area contributed by atoms with Crippen LogP contribution < -0.4 is 11.1 Å². The van der Waals surface area contributed by atoms with Gasteiger partial charge in [-0.3, -0.25) is 4.79 Å². The molecule has 0 radical (unpaired) electrons. The molecule has 0 atom stereocenters. The Morgan fingerprint density at radius 1 is 1.40 bits per heavy atom. The van der Waals surface area contributed by atoms with Crippen LogP contribution in [0.15, 0.2) is 18.2 Å². The molecule has 1 aromatic rings. The van der Waals surface area contributed by atoms with Gasteiger partial charge in [-0.05, 0) is 42.7 Å². The third-order valence-corrected chi connectivity index (χ3v) is 5.08. The molecule has 20 heavy (non-hydrogen) atoms. The first kappa shape index (κ1) is 15.5. The summed E-state index contributed by atoms with van der Waals surface area (Å²) in [5.74, 6) is 2.94. The van der Waals surface area contributed by atoms with E-state index in [9.17, 15) is 4.79 Å². The largest absolute Gasteiger partial charge is 0.399 e. The molecule has 0 aromatic heterocycles. The molecule has 0 heterocycles. The lowest BCUT2D eigenvalue weighted by atomic mass is 10.1. The Bertz CT molecular complexity index is 461. The maximum atomic E-state index is 11.8. The van der Waals surface area contributed by atoms with Gasteiger partial charge in [-0.2, -0.15) is 11.8 Å². The lowest BCUT2D eigenvalue weighted by Crippen LogP contribution is -2.13. The number of halogens is 1. The fourth-order valence-electron chi connectivity index (χ4n) is 2.44. The molecule has 0 aliphatic heterocycles. The van der Waals surface area contributed by atoms with Gasteiger partial charge in [0.25, 0.3) is 0 Å². The minimum Gasteiger partial charge on any atom is -0.399 e. The molecule has 3 nitrogen and oxygen atoms in total. The molecular formula is C15H21ClN2OS. The molecule has 1 aliphatic rings. The van der Waals surface area contributed by atoms with Crippen molar-refractivity contribution >= 4 is 40.6 Å². The van der Waals surface area contributed by atoms with Gasteiger partial charge in [0.05, 0.1) is 10.7 Å². The number of nitrogens with one attached hydrogen (secondary N) is 1. The van der Waals surface area contributed by atoms with Crippen molar-refractivity contribution in [2.75, 3.05) is 22.6 Å². The maximum Gasteiger partial charge on any atom is 0.225 e. The molecular weight excluding hydrogens is 292 g/mol. The van der Waals surface area contributed by atoms with Gasteiger partial charge in [-0.1, -0.05) is 24.4 Å². The predicted molar refractivity (Wildman–Crippen MR) is 88.4 cm³/mol. The summed E-state index contributed by atoms with van der Waals surface area (Å²) in [6, 6.07) is 5.11. The Balaban J connectivity index is 1.67. The number of thioether (sulfide) groups is 1. The Kier molecular flexibility index (Phi) is 6.05. The van der Waals surface area contributed by atoms with Gasteiger partial charge >= 0.3 is 0 Å². The van der Waals surface area contributed by atoms with Crippen LogP contribution in [-0.4, -0.2) is 17.4 Å². The van der Waals surface area contributed by atoms with Gasteiger partial charge in [0.1, 0.15) is 0 Å². The molecule has 0 saturated heterocycles. The summed E-state index contributed by atoms with van der Waals surface area (Å²) in [5.41, 5.74) is 6.84. The molecule has 3 N–H and O–H groups in total. The lowest BCUT2D eigenvalue weighted by molar-refractivity contribution is -0.115. The number of rotatable bonds is 6. The van der Waals surface area contributed by atoms with Crippen molar-refractivity contribution < 1.29 is 4.79 Å². The van der Waals surface area contributed by atoms with Crippen molar-refractivity contribution in [3.8, 4) is 0 Å². The summed E-state index contributed by atoms with van der Waals surface area (Å²) >= 11 is 7.90. The van der Waals surface area contributed by atoms with Crippen LogP contribution in [0.1, 0.15) is 32.1 Å². The lowest BCUT2D eigenvalue weighted by Gasteiger charge is -2.09. The molecule has 1 amide bonds. The zero-order valence-electron chi connectivity index (χ0n) is 11.5. The topological polar surface area (TPSA) is 55.1 Å². The van der Waals surface area contributed by atoms with Crippen molar-refractivity contribution in [1.29, 1.82) is 0 Å². The second-order valence-corrected chi connectivity index (χ2v) is 6.82. The number of carbonyl (C=O) groups is 1. The van der Waals surface area contributed by atoms with E-state index in [0.717, 1.165) is 11.7 Å². The van der Waals surface area contributed by atoms with E-state index in [-0.39, 0.29) is 5.91 Å². The smallest absolute Gasteiger partial charge is 0.225 e. The number of hydrogen-bond acceptors (Lipinski definition) is 3. The zero-order chi connectivity index (χ0) is 14.4. The monoisotopic (exact) mass is 312 g/mol. The highest BCUT2D eigenvalue weighted by atomic mass is 35.5. The molecule has 5 heteroatoms. The molecule has 1 aromatic carbocycles. The van der Waals surface area contributed by atoms with Gasteiger partial charge in [0, 0.05) is 17.9 Å². The highest BCUT2D eigenvalue weighted by molar-refractivity contribution is 7.99. The first-order chi connectivity index (χ1) is 9.65. The summed E-state index contributed by atoms with van der Waals surface area (Å²) in [6.45, 7) is 0. The van der Waals surface area contributed by atoms with Crippen molar-refractivity contribution in [3.63, 3.8) is 0 Å². The number of hydrogen-bond donors (Lipinski definition) is 2. The summed E-state index contributed by atoms with van der Waals surface area (Å²) in [7, 11) is 0. The van der Waals surface area contributed by atoms with Crippen LogP contribution in [0, 0.1) is 5.92 Å². The molecule has 1 fully saturated rings. The predicted octanol–water partition coefficient (Wildman–Crippen LogP) is 4.17. The number of nitrogens with two attached hydrogens (primary N) is 1. The number of amides is 1. The minimum atomic E-state index is 0.00981. The van der Waals surface area contributed by atoms with Gasteiger partial charge < -0.3 is 11.1 Å². The van der Waals surface area contributed by atoms with Crippen LogP contribution in [0.5, 0.6) is 0 Å². The quantitative estimate of drug-likeness (QED) is 0.612. The average molecular weight is 313 g/mol. The second kappa shape index (κ2) is 7.79. The van der Waals surface area contributed by atoms with Crippen molar-refractivity contribution in [2.45, 2.75) is 32.1 Å². The summed E-state index contributed by atoms with van der Waals surface area (Å²) in [6.07, 6.45) is 6.00. The third-order valence-electron chi connectivity index (χ3n) is 3.57.